The lowest BCUT2D eigenvalue weighted by Gasteiger charge is -2.02. The van der Waals surface area contributed by atoms with Crippen LogP contribution in [-0.2, 0) is 11.2 Å². The first-order valence-corrected chi connectivity index (χ1v) is 5.11. The number of H-pyrrole nitrogens is 1. The van der Waals surface area contributed by atoms with Crippen LogP contribution in [0.4, 0.5) is 0 Å². The molecular formula is C11H18N2O. The van der Waals surface area contributed by atoms with E-state index in [1.54, 1.807) is 6.92 Å². The Morgan fingerprint density at radius 2 is 2.36 bits per heavy atom. The normalized spacial score (nSPS) is 10.4. The number of nitrogens with one attached hydrogen (secondary N) is 2. The Morgan fingerprint density at radius 3 is 3.00 bits per heavy atom. The van der Waals surface area contributed by atoms with Crippen molar-refractivity contribution in [2.75, 3.05) is 13.1 Å². The molecule has 1 rings (SSSR count). The van der Waals surface area contributed by atoms with Crippen LogP contribution in [0.3, 0.4) is 0 Å². The van der Waals surface area contributed by atoms with Crippen LogP contribution in [0.5, 0.6) is 0 Å². The Labute approximate surface area is 84.9 Å². The molecule has 78 valence electrons. The smallest absolute Gasteiger partial charge is 0.129 e. The summed E-state index contributed by atoms with van der Waals surface area (Å²) in [6.07, 6.45) is 4.59. The summed E-state index contributed by atoms with van der Waals surface area (Å²) in [5.74, 6) is 0.274. The first kappa shape index (κ1) is 11.0. The predicted octanol–water partition coefficient (Wildman–Crippen LogP) is 1.52. The molecule has 0 atom stereocenters. The second-order valence-corrected chi connectivity index (χ2v) is 3.50. The largest absolute Gasteiger partial charge is 0.365 e. The molecule has 0 spiro atoms. The highest BCUT2D eigenvalue weighted by Crippen LogP contribution is 1.94. The van der Waals surface area contributed by atoms with Crippen molar-refractivity contribution in [3.63, 3.8) is 0 Å². The van der Waals surface area contributed by atoms with Gasteiger partial charge < -0.3 is 15.1 Å². The number of hydrogen-bond donors (Lipinski definition) is 2. The minimum absolute atomic E-state index is 0.274. The molecule has 2 N–H and O–H groups in total. The fourth-order valence-corrected chi connectivity index (χ4v) is 1.33. The van der Waals surface area contributed by atoms with Gasteiger partial charge in [0.2, 0.25) is 0 Å². The third-order valence-corrected chi connectivity index (χ3v) is 2.12. The molecule has 0 radical (unpaired) electrons. The molecule has 14 heavy (non-hydrogen) atoms. The minimum atomic E-state index is 0.274. The molecule has 0 aliphatic carbocycles. The third kappa shape index (κ3) is 4.82. The maximum atomic E-state index is 10.6. The van der Waals surface area contributed by atoms with Gasteiger partial charge in [-0.05, 0) is 38.4 Å². The van der Waals surface area contributed by atoms with Gasteiger partial charge in [-0.1, -0.05) is 0 Å². The molecule has 1 aromatic heterocycles. The van der Waals surface area contributed by atoms with Crippen LogP contribution in [0.1, 0.15) is 25.5 Å². The lowest BCUT2D eigenvalue weighted by atomic mass is 10.2. The van der Waals surface area contributed by atoms with E-state index in [4.69, 9.17) is 0 Å². The standard InChI is InChI=1S/C11H18N2O/c1-10(14)4-2-7-12-9-6-11-5-3-8-13-11/h3,5,8,12-13H,2,4,6-7,9H2,1H3. The third-order valence-electron chi connectivity index (χ3n) is 2.12. The Morgan fingerprint density at radius 1 is 1.50 bits per heavy atom. The second kappa shape index (κ2) is 6.38. The highest BCUT2D eigenvalue weighted by Gasteiger charge is 1.94. The highest BCUT2D eigenvalue weighted by molar-refractivity contribution is 5.75. The van der Waals surface area contributed by atoms with Crippen molar-refractivity contribution in [3.8, 4) is 0 Å². The van der Waals surface area contributed by atoms with Crippen LogP contribution in [-0.4, -0.2) is 23.9 Å². The van der Waals surface area contributed by atoms with E-state index >= 15 is 0 Å². The zero-order valence-electron chi connectivity index (χ0n) is 8.68. The average molecular weight is 194 g/mol. The van der Waals surface area contributed by atoms with Gasteiger partial charge in [-0.25, -0.2) is 0 Å². The van der Waals surface area contributed by atoms with Crippen LogP contribution in [0, 0.1) is 0 Å². The first-order chi connectivity index (χ1) is 6.79. The lowest BCUT2D eigenvalue weighted by molar-refractivity contribution is -0.117. The van der Waals surface area contributed by atoms with Crippen molar-refractivity contribution in [2.45, 2.75) is 26.2 Å². The molecule has 0 bridgehead atoms. The predicted molar refractivity (Wildman–Crippen MR) is 57.3 cm³/mol. The fraction of sp³-hybridized carbons (Fsp3) is 0.545. The Hall–Kier alpha value is -1.09. The summed E-state index contributed by atoms with van der Waals surface area (Å²) < 4.78 is 0. The van der Waals surface area contributed by atoms with Gasteiger partial charge in [-0.15, -0.1) is 0 Å². The number of hydrogen-bond acceptors (Lipinski definition) is 2. The van der Waals surface area contributed by atoms with Crippen molar-refractivity contribution in [2.24, 2.45) is 0 Å². The van der Waals surface area contributed by atoms with Gasteiger partial charge in [0.25, 0.3) is 0 Å². The summed E-state index contributed by atoms with van der Waals surface area (Å²) in [7, 11) is 0. The summed E-state index contributed by atoms with van der Waals surface area (Å²) in [6.45, 7) is 3.54. The monoisotopic (exact) mass is 194 g/mol. The zero-order valence-corrected chi connectivity index (χ0v) is 8.68. The maximum absolute atomic E-state index is 10.6. The number of ketones is 1. The number of rotatable bonds is 7. The van der Waals surface area contributed by atoms with Crippen molar-refractivity contribution < 1.29 is 4.79 Å². The van der Waals surface area contributed by atoms with Gasteiger partial charge in [-0.2, -0.15) is 0 Å². The van der Waals surface area contributed by atoms with Gasteiger partial charge in [0.1, 0.15) is 5.78 Å². The van der Waals surface area contributed by atoms with Gasteiger partial charge >= 0.3 is 0 Å². The summed E-state index contributed by atoms with van der Waals surface area (Å²) in [5.41, 5.74) is 1.25. The number of aromatic nitrogens is 1. The van der Waals surface area contributed by atoms with Crippen LogP contribution < -0.4 is 5.32 Å². The Kier molecular flexibility index (Phi) is 5.00. The first-order valence-electron chi connectivity index (χ1n) is 5.11. The Bertz CT molecular complexity index is 254. The molecule has 1 heterocycles. The van der Waals surface area contributed by atoms with E-state index in [2.05, 4.69) is 16.4 Å². The van der Waals surface area contributed by atoms with Crippen LogP contribution >= 0.6 is 0 Å². The molecular weight excluding hydrogens is 176 g/mol. The summed E-state index contributed by atoms with van der Waals surface area (Å²) in [4.78, 5) is 13.8. The van der Waals surface area contributed by atoms with Gasteiger partial charge in [-0.3, -0.25) is 0 Å². The number of Topliss-reactive ketones (excluding diaryl/α,β-unsaturated/α-hetero) is 1. The van der Waals surface area contributed by atoms with Crippen molar-refractivity contribution >= 4 is 5.78 Å². The van der Waals surface area contributed by atoms with E-state index in [0.29, 0.717) is 6.42 Å². The van der Waals surface area contributed by atoms with Crippen LogP contribution in [0.2, 0.25) is 0 Å². The van der Waals surface area contributed by atoms with Crippen LogP contribution in [0.25, 0.3) is 0 Å². The molecule has 0 amide bonds. The van der Waals surface area contributed by atoms with Crippen molar-refractivity contribution in [3.05, 3.63) is 24.0 Å². The fourth-order valence-electron chi connectivity index (χ4n) is 1.33. The van der Waals surface area contributed by atoms with E-state index in [9.17, 15) is 4.79 Å². The van der Waals surface area contributed by atoms with E-state index in [-0.39, 0.29) is 5.78 Å². The van der Waals surface area contributed by atoms with E-state index in [0.717, 1.165) is 25.9 Å². The summed E-state index contributed by atoms with van der Waals surface area (Å²) >= 11 is 0. The molecule has 1 aromatic rings. The topological polar surface area (TPSA) is 44.9 Å². The lowest BCUT2D eigenvalue weighted by Crippen LogP contribution is -2.19. The van der Waals surface area contributed by atoms with Crippen LogP contribution in [0.15, 0.2) is 18.3 Å². The number of carbonyl (C=O) groups is 1. The molecule has 0 saturated carbocycles. The SMILES string of the molecule is CC(=O)CCCNCCc1ccc[nH]1. The molecule has 0 aliphatic heterocycles. The number of carbonyl (C=O) groups excluding carboxylic acids is 1. The molecule has 0 saturated heterocycles. The number of aromatic amines is 1. The molecule has 3 heteroatoms. The summed E-state index contributed by atoms with van der Waals surface area (Å²) in [5, 5.41) is 3.31. The quantitative estimate of drug-likeness (QED) is 0.646. The van der Waals surface area contributed by atoms with Crippen molar-refractivity contribution in [1.82, 2.24) is 10.3 Å². The van der Waals surface area contributed by atoms with Gasteiger partial charge in [0, 0.05) is 24.9 Å². The highest BCUT2D eigenvalue weighted by atomic mass is 16.1. The van der Waals surface area contributed by atoms with Gasteiger partial charge in [0.05, 0.1) is 0 Å². The molecule has 3 nitrogen and oxygen atoms in total. The molecule has 0 fully saturated rings. The Balaban J connectivity index is 1.92. The van der Waals surface area contributed by atoms with E-state index in [1.807, 2.05) is 12.3 Å². The molecule has 0 aromatic carbocycles. The van der Waals surface area contributed by atoms with E-state index < -0.39 is 0 Å². The van der Waals surface area contributed by atoms with E-state index in [1.165, 1.54) is 5.69 Å². The zero-order chi connectivity index (χ0) is 10.2. The van der Waals surface area contributed by atoms with Gasteiger partial charge in [0.15, 0.2) is 0 Å². The summed E-state index contributed by atoms with van der Waals surface area (Å²) in [6, 6.07) is 4.09. The van der Waals surface area contributed by atoms with Crippen molar-refractivity contribution in [1.29, 1.82) is 0 Å². The molecule has 0 unspecified atom stereocenters. The minimum Gasteiger partial charge on any atom is -0.365 e. The second-order valence-electron chi connectivity index (χ2n) is 3.50. The average Bonchev–Trinajstić information content (AvgIpc) is 2.63. The maximum Gasteiger partial charge on any atom is 0.129 e. The molecule has 0 aliphatic rings.